The molecular formula is C14H21N3O. The van der Waals surface area contributed by atoms with Gasteiger partial charge in [0.1, 0.15) is 0 Å². The first-order valence-corrected chi connectivity index (χ1v) is 6.67. The summed E-state index contributed by atoms with van der Waals surface area (Å²) in [6.07, 6.45) is 7.23. The lowest BCUT2D eigenvalue weighted by molar-refractivity contribution is 0.0943. The van der Waals surface area contributed by atoms with Crippen molar-refractivity contribution in [2.45, 2.75) is 39.2 Å². The van der Waals surface area contributed by atoms with Gasteiger partial charge in [-0.25, -0.2) is 0 Å². The van der Waals surface area contributed by atoms with E-state index in [1.165, 1.54) is 19.3 Å². The second-order valence-corrected chi connectivity index (χ2v) is 5.11. The second-order valence-electron chi connectivity index (χ2n) is 5.11. The van der Waals surface area contributed by atoms with Crippen molar-refractivity contribution in [1.29, 1.82) is 0 Å². The Hall–Kier alpha value is -1.58. The van der Waals surface area contributed by atoms with Gasteiger partial charge in [0.15, 0.2) is 0 Å². The number of piperidine rings is 1. The Labute approximate surface area is 108 Å². The lowest BCUT2D eigenvalue weighted by Gasteiger charge is -2.28. The fraction of sp³-hybridized carbons (Fsp3) is 0.571. The molecule has 1 saturated heterocycles. The van der Waals surface area contributed by atoms with Gasteiger partial charge in [0.05, 0.1) is 17.4 Å². The van der Waals surface area contributed by atoms with Gasteiger partial charge in [-0.05, 0) is 39.2 Å². The van der Waals surface area contributed by atoms with Gasteiger partial charge in [-0.1, -0.05) is 0 Å². The number of nitrogens with one attached hydrogen (secondary N) is 1. The van der Waals surface area contributed by atoms with Crippen LogP contribution in [0.5, 0.6) is 0 Å². The quantitative estimate of drug-likeness (QED) is 0.890. The third kappa shape index (κ3) is 3.22. The highest BCUT2D eigenvalue weighted by molar-refractivity contribution is 5.94. The highest BCUT2D eigenvalue weighted by atomic mass is 16.1. The highest BCUT2D eigenvalue weighted by Gasteiger charge is 2.14. The Morgan fingerprint density at radius 2 is 2.00 bits per heavy atom. The summed E-state index contributed by atoms with van der Waals surface area (Å²) in [4.78, 5) is 18.4. The van der Waals surface area contributed by atoms with Crippen molar-refractivity contribution < 1.29 is 4.79 Å². The average molecular weight is 247 g/mol. The van der Waals surface area contributed by atoms with E-state index in [9.17, 15) is 4.79 Å². The first-order chi connectivity index (χ1) is 8.66. The SMILES string of the molecule is CC(C)NC(=O)c1cncc(N2CCCCC2)c1. The molecule has 0 spiro atoms. The molecule has 4 nitrogen and oxygen atoms in total. The molecule has 98 valence electrons. The van der Waals surface area contributed by atoms with Gasteiger partial charge in [-0.15, -0.1) is 0 Å². The fourth-order valence-electron chi connectivity index (χ4n) is 2.22. The number of rotatable bonds is 3. The van der Waals surface area contributed by atoms with E-state index in [0.717, 1.165) is 18.8 Å². The first-order valence-electron chi connectivity index (χ1n) is 6.67. The number of anilines is 1. The summed E-state index contributed by atoms with van der Waals surface area (Å²) in [6.45, 7) is 6.05. The summed E-state index contributed by atoms with van der Waals surface area (Å²) in [7, 11) is 0. The van der Waals surface area contributed by atoms with Crippen LogP contribution in [0.15, 0.2) is 18.5 Å². The summed E-state index contributed by atoms with van der Waals surface area (Å²) in [5.41, 5.74) is 1.71. The molecule has 1 aromatic rings. The first kappa shape index (κ1) is 12.9. The van der Waals surface area contributed by atoms with Crippen LogP contribution >= 0.6 is 0 Å². The number of pyridine rings is 1. The molecule has 18 heavy (non-hydrogen) atoms. The van der Waals surface area contributed by atoms with Crippen molar-refractivity contribution in [3.8, 4) is 0 Å². The minimum atomic E-state index is -0.0450. The summed E-state index contributed by atoms with van der Waals surface area (Å²) in [5, 5.41) is 2.89. The van der Waals surface area contributed by atoms with Crippen molar-refractivity contribution in [1.82, 2.24) is 10.3 Å². The standard InChI is InChI=1S/C14H21N3O/c1-11(2)16-14(18)12-8-13(10-15-9-12)17-6-4-3-5-7-17/h8-11H,3-7H2,1-2H3,(H,16,18). The van der Waals surface area contributed by atoms with Crippen LogP contribution in [0.1, 0.15) is 43.5 Å². The van der Waals surface area contributed by atoms with Crippen LogP contribution < -0.4 is 10.2 Å². The molecule has 2 heterocycles. The van der Waals surface area contributed by atoms with Crippen molar-refractivity contribution in [3.05, 3.63) is 24.0 Å². The summed E-state index contributed by atoms with van der Waals surface area (Å²) < 4.78 is 0. The third-order valence-corrected chi connectivity index (χ3v) is 3.13. The van der Waals surface area contributed by atoms with E-state index in [4.69, 9.17) is 0 Å². The van der Waals surface area contributed by atoms with Crippen LogP contribution in [0.4, 0.5) is 5.69 Å². The maximum absolute atomic E-state index is 11.9. The number of hydrogen-bond acceptors (Lipinski definition) is 3. The van der Waals surface area contributed by atoms with E-state index >= 15 is 0 Å². The molecule has 0 aliphatic carbocycles. The van der Waals surface area contributed by atoms with Gasteiger partial charge in [-0.3, -0.25) is 9.78 Å². The molecule has 0 radical (unpaired) electrons. The highest BCUT2D eigenvalue weighted by Crippen LogP contribution is 2.19. The zero-order chi connectivity index (χ0) is 13.0. The van der Waals surface area contributed by atoms with E-state index in [1.807, 2.05) is 26.1 Å². The minimum absolute atomic E-state index is 0.0450. The zero-order valence-electron chi connectivity index (χ0n) is 11.1. The van der Waals surface area contributed by atoms with E-state index in [0.29, 0.717) is 5.56 Å². The second kappa shape index (κ2) is 5.85. The van der Waals surface area contributed by atoms with Gasteiger partial charge >= 0.3 is 0 Å². The molecule has 4 heteroatoms. The molecule has 0 aromatic carbocycles. The Morgan fingerprint density at radius 3 is 2.67 bits per heavy atom. The average Bonchev–Trinajstić information content (AvgIpc) is 2.39. The number of carbonyl (C=O) groups is 1. The lowest BCUT2D eigenvalue weighted by atomic mass is 10.1. The Bertz CT molecular complexity index is 411. The number of carbonyl (C=O) groups excluding carboxylic acids is 1. The predicted octanol–water partition coefficient (Wildman–Crippen LogP) is 2.21. The zero-order valence-corrected chi connectivity index (χ0v) is 11.1. The maximum atomic E-state index is 11.9. The Morgan fingerprint density at radius 1 is 1.28 bits per heavy atom. The number of hydrogen-bond donors (Lipinski definition) is 1. The molecule has 0 unspecified atom stereocenters. The van der Waals surface area contributed by atoms with Crippen LogP contribution in [-0.2, 0) is 0 Å². The molecule has 1 aromatic heterocycles. The number of aromatic nitrogens is 1. The van der Waals surface area contributed by atoms with Gasteiger partial charge in [0.25, 0.3) is 5.91 Å². The largest absolute Gasteiger partial charge is 0.370 e. The lowest BCUT2D eigenvalue weighted by Crippen LogP contribution is -2.32. The molecule has 0 bridgehead atoms. The molecular weight excluding hydrogens is 226 g/mol. The van der Waals surface area contributed by atoms with Crippen LogP contribution in [-0.4, -0.2) is 30.0 Å². The maximum Gasteiger partial charge on any atom is 0.253 e. The smallest absolute Gasteiger partial charge is 0.253 e. The van der Waals surface area contributed by atoms with Gasteiger partial charge < -0.3 is 10.2 Å². The van der Waals surface area contributed by atoms with E-state index in [-0.39, 0.29) is 11.9 Å². The van der Waals surface area contributed by atoms with Gasteiger partial charge in [0, 0.05) is 25.3 Å². The van der Waals surface area contributed by atoms with Crippen molar-refractivity contribution in [2.75, 3.05) is 18.0 Å². The summed E-state index contributed by atoms with van der Waals surface area (Å²) in [5.74, 6) is -0.0450. The molecule has 1 aliphatic heterocycles. The normalized spacial score (nSPS) is 15.8. The van der Waals surface area contributed by atoms with E-state index in [2.05, 4.69) is 15.2 Å². The molecule has 1 N–H and O–H groups in total. The van der Waals surface area contributed by atoms with Crippen LogP contribution in [0.25, 0.3) is 0 Å². The van der Waals surface area contributed by atoms with Gasteiger partial charge in [0.2, 0.25) is 0 Å². The van der Waals surface area contributed by atoms with E-state index in [1.54, 1.807) is 6.20 Å². The molecule has 1 fully saturated rings. The van der Waals surface area contributed by atoms with Crippen LogP contribution in [0, 0.1) is 0 Å². The monoisotopic (exact) mass is 247 g/mol. The summed E-state index contributed by atoms with van der Waals surface area (Å²) >= 11 is 0. The van der Waals surface area contributed by atoms with E-state index < -0.39 is 0 Å². The number of nitrogens with zero attached hydrogens (tertiary/aromatic N) is 2. The Balaban J connectivity index is 2.11. The molecule has 0 atom stereocenters. The minimum Gasteiger partial charge on any atom is -0.370 e. The third-order valence-electron chi connectivity index (χ3n) is 3.13. The molecule has 1 aliphatic rings. The Kier molecular flexibility index (Phi) is 4.18. The number of amides is 1. The topological polar surface area (TPSA) is 45.2 Å². The molecule has 1 amide bonds. The molecule has 0 saturated carbocycles. The van der Waals surface area contributed by atoms with Crippen LogP contribution in [0.2, 0.25) is 0 Å². The predicted molar refractivity (Wildman–Crippen MR) is 72.9 cm³/mol. The van der Waals surface area contributed by atoms with Crippen molar-refractivity contribution in [3.63, 3.8) is 0 Å². The van der Waals surface area contributed by atoms with Gasteiger partial charge in [-0.2, -0.15) is 0 Å². The summed E-state index contributed by atoms with van der Waals surface area (Å²) in [6, 6.07) is 2.09. The molecule has 2 rings (SSSR count). The fourth-order valence-corrected chi connectivity index (χ4v) is 2.22. The van der Waals surface area contributed by atoms with Crippen molar-refractivity contribution in [2.24, 2.45) is 0 Å². The van der Waals surface area contributed by atoms with Crippen LogP contribution in [0.3, 0.4) is 0 Å². The van der Waals surface area contributed by atoms with Crippen molar-refractivity contribution >= 4 is 11.6 Å².